The van der Waals surface area contributed by atoms with Gasteiger partial charge in [-0.2, -0.15) is 0 Å². The second kappa shape index (κ2) is 5.37. The summed E-state index contributed by atoms with van der Waals surface area (Å²) in [6, 6.07) is 13.7. The fourth-order valence-electron chi connectivity index (χ4n) is 4.28. The summed E-state index contributed by atoms with van der Waals surface area (Å²) < 4.78 is 11.8. The molecule has 3 heteroatoms. The van der Waals surface area contributed by atoms with Crippen LogP contribution in [0.15, 0.2) is 36.4 Å². The first-order chi connectivity index (χ1) is 12.5. The van der Waals surface area contributed by atoms with Gasteiger partial charge in [0.2, 0.25) is 0 Å². The molecule has 0 N–H and O–H groups in total. The van der Waals surface area contributed by atoms with Crippen molar-refractivity contribution in [1.82, 2.24) is 0 Å². The molecule has 0 saturated heterocycles. The number of benzene rings is 2. The van der Waals surface area contributed by atoms with Crippen LogP contribution in [0.4, 0.5) is 0 Å². The van der Waals surface area contributed by atoms with Gasteiger partial charge in [0.15, 0.2) is 11.5 Å². The molecule has 0 saturated carbocycles. The number of hydrogen-bond donors (Lipinski definition) is 0. The predicted molar refractivity (Wildman–Crippen MR) is 108 cm³/mol. The fraction of sp³-hybridized carbons (Fsp3) is 0.304. The van der Waals surface area contributed by atoms with Gasteiger partial charge in [-0.25, -0.2) is 0 Å². The Kier molecular flexibility index (Phi) is 3.29. The first-order valence-corrected chi connectivity index (χ1v) is 9.94. The molecule has 0 radical (unpaired) electrons. The Hall–Kier alpha value is -2.26. The van der Waals surface area contributed by atoms with Gasteiger partial charge in [0.1, 0.15) is 13.2 Å². The molecule has 0 amide bonds. The van der Waals surface area contributed by atoms with Gasteiger partial charge in [0, 0.05) is 10.3 Å². The zero-order valence-corrected chi connectivity index (χ0v) is 16.4. The Labute approximate surface area is 158 Å². The number of hydrogen-bond acceptors (Lipinski definition) is 3. The summed E-state index contributed by atoms with van der Waals surface area (Å²) >= 11 is 1.77. The van der Waals surface area contributed by atoms with Crippen molar-refractivity contribution >= 4 is 11.3 Å². The molecule has 2 aromatic carbocycles. The molecule has 1 aromatic heterocycles. The zero-order chi connectivity index (χ0) is 18.1. The third-order valence-corrected chi connectivity index (χ3v) is 6.77. The molecule has 2 nitrogen and oxygen atoms in total. The van der Waals surface area contributed by atoms with Crippen molar-refractivity contribution in [2.75, 3.05) is 13.2 Å². The van der Waals surface area contributed by atoms with E-state index in [0.29, 0.717) is 13.2 Å². The van der Waals surface area contributed by atoms with Crippen LogP contribution in [0.2, 0.25) is 0 Å². The molecule has 26 heavy (non-hydrogen) atoms. The van der Waals surface area contributed by atoms with Crippen molar-refractivity contribution in [3.8, 4) is 33.1 Å². The van der Waals surface area contributed by atoms with E-state index in [-0.39, 0.29) is 5.41 Å². The van der Waals surface area contributed by atoms with Gasteiger partial charge in [0.05, 0.1) is 4.88 Å². The predicted octanol–water partition coefficient (Wildman–Crippen LogP) is 6.11. The summed E-state index contributed by atoms with van der Waals surface area (Å²) in [4.78, 5) is 2.37. The average Bonchev–Trinajstić information content (AvgIpc) is 3.08. The molecule has 2 aliphatic rings. The van der Waals surface area contributed by atoms with Crippen molar-refractivity contribution in [3.63, 3.8) is 0 Å². The zero-order valence-electron chi connectivity index (χ0n) is 15.6. The maximum Gasteiger partial charge on any atom is 0.180 e. The van der Waals surface area contributed by atoms with Gasteiger partial charge < -0.3 is 9.47 Å². The van der Waals surface area contributed by atoms with E-state index in [1.165, 1.54) is 43.1 Å². The molecule has 3 aromatic rings. The van der Waals surface area contributed by atoms with Gasteiger partial charge in [-0.3, -0.25) is 0 Å². The highest BCUT2D eigenvalue weighted by Gasteiger charge is 2.36. The molecule has 0 bridgehead atoms. The number of thiophene rings is 1. The number of rotatable bonds is 1. The van der Waals surface area contributed by atoms with E-state index in [0.717, 1.165) is 11.5 Å². The molecule has 0 atom stereocenters. The van der Waals surface area contributed by atoms with Crippen LogP contribution in [0, 0.1) is 13.8 Å². The average molecular weight is 362 g/mol. The van der Waals surface area contributed by atoms with Crippen LogP contribution in [0.3, 0.4) is 0 Å². The molecule has 2 heterocycles. The Morgan fingerprint density at radius 3 is 2.27 bits per heavy atom. The van der Waals surface area contributed by atoms with Crippen LogP contribution in [0.5, 0.6) is 11.5 Å². The minimum atomic E-state index is 0.0103. The third-order valence-electron chi connectivity index (χ3n) is 5.66. The number of aryl methyl sites for hydroxylation is 2. The summed E-state index contributed by atoms with van der Waals surface area (Å²) in [7, 11) is 0. The Balaban J connectivity index is 1.69. The van der Waals surface area contributed by atoms with Crippen LogP contribution in [0.25, 0.3) is 21.6 Å². The van der Waals surface area contributed by atoms with E-state index in [1.807, 2.05) is 0 Å². The topological polar surface area (TPSA) is 18.5 Å². The Morgan fingerprint density at radius 1 is 0.846 bits per heavy atom. The van der Waals surface area contributed by atoms with Gasteiger partial charge in [-0.05, 0) is 47.7 Å². The van der Waals surface area contributed by atoms with Crippen LogP contribution in [0.1, 0.15) is 35.4 Å². The lowest BCUT2D eigenvalue weighted by Gasteiger charge is -2.22. The molecule has 0 spiro atoms. The number of fused-ring (bicyclic) bond motifs is 4. The van der Waals surface area contributed by atoms with E-state index in [2.05, 4.69) is 64.1 Å². The van der Waals surface area contributed by atoms with Crippen LogP contribution < -0.4 is 9.47 Å². The molecule has 1 aliphatic heterocycles. The summed E-state index contributed by atoms with van der Waals surface area (Å²) in [6.07, 6.45) is 0. The molecular weight excluding hydrogens is 340 g/mol. The lowest BCUT2D eigenvalue weighted by Crippen LogP contribution is -2.15. The van der Waals surface area contributed by atoms with Crippen LogP contribution in [-0.2, 0) is 5.41 Å². The lowest BCUT2D eigenvalue weighted by molar-refractivity contribution is 0.173. The van der Waals surface area contributed by atoms with Crippen molar-refractivity contribution < 1.29 is 9.47 Å². The first-order valence-electron chi connectivity index (χ1n) is 9.12. The first kappa shape index (κ1) is 16.0. The molecular formula is C23H22O2S. The monoisotopic (exact) mass is 362 g/mol. The molecule has 5 rings (SSSR count). The third kappa shape index (κ3) is 2.10. The van der Waals surface area contributed by atoms with Crippen molar-refractivity contribution in [3.05, 3.63) is 58.0 Å². The fourth-order valence-corrected chi connectivity index (χ4v) is 5.32. The normalized spacial score (nSPS) is 16.3. The molecule has 1 aliphatic carbocycles. The standard InChI is InChI=1S/C23H22O2S/c1-13-5-7-16-17-8-6-15(12-19(17)23(3,4)18(16)11-13)22-21-20(14(2)26-22)24-9-10-25-21/h5-8,11-12H,9-10H2,1-4H3. The highest BCUT2D eigenvalue weighted by molar-refractivity contribution is 7.16. The summed E-state index contributed by atoms with van der Waals surface area (Å²) in [5, 5.41) is 0. The van der Waals surface area contributed by atoms with Gasteiger partial charge in [-0.1, -0.05) is 49.7 Å². The summed E-state index contributed by atoms with van der Waals surface area (Å²) in [6.45, 7) is 10.2. The molecule has 132 valence electrons. The maximum absolute atomic E-state index is 5.96. The minimum absolute atomic E-state index is 0.0103. The van der Waals surface area contributed by atoms with E-state index in [1.54, 1.807) is 11.3 Å². The van der Waals surface area contributed by atoms with Gasteiger partial charge in [0.25, 0.3) is 0 Å². The Morgan fingerprint density at radius 2 is 1.50 bits per heavy atom. The van der Waals surface area contributed by atoms with Crippen LogP contribution in [-0.4, -0.2) is 13.2 Å². The maximum atomic E-state index is 5.96. The van der Waals surface area contributed by atoms with Crippen molar-refractivity contribution in [2.24, 2.45) is 0 Å². The SMILES string of the molecule is Cc1ccc2c(c1)C(C)(C)c1cc(-c3sc(C)c4c3OCCO4)ccc1-2. The van der Waals surface area contributed by atoms with Gasteiger partial charge in [-0.15, -0.1) is 11.3 Å². The van der Waals surface area contributed by atoms with E-state index in [4.69, 9.17) is 9.47 Å². The lowest BCUT2D eigenvalue weighted by atomic mass is 9.81. The smallest absolute Gasteiger partial charge is 0.180 e. The van der Waals surface area contributed by atoms with E-state index >= 15 is 0 Å². The minimum Gasteiger partial charge on any atom is -0.485 e. The highest BCUT2D eigenvalue weighted by Crippen LogP contribution is 2.53. The van der Waals surface area contributed by atoms with Crippen molar-refractivity contribution in [2.45, 2.75) is 33.1 Å². The second-order valence-corrected chi connectivity index (χ2v) is 9.00. The van der Waals surface area contributed by atoms with Crippen molar-refractivity contribution in [1.29, 1.82) is 0 Å². The number of ether oxygens (including phenoxy) is 2. The van der Waals surface area contributed by atoms with Gasteiger partial charge >= 0.3 is 0 Å². The highest BCUT2D eigenvalue weighted by atomic mass is 32.1. The molecule has 0 unspecified atom stereocenters. The molecule has 0 fully saturated rings. The van der Waals surface area contributed by atoms with E-state index < -0.39 is 0 Å². The second-order valence-electron chi connectivity index (χ2n) is 7.78. The summed E-state index contributed by atoms with van der Waals surface area (Å²) in [5.41, 5.74) is 8.09. The Bertz CT molecular complexity index is 1040. The largest absolute Gasteiger partial charge is 0.485 e. The quantitative estimate of drug-likeness (QED) is 0.520. The van der Waals surface area contributed by atoms with Crippen LogP contribution >= 0.6 is 11.3 Å². The summed E-state index contributed by atoms with van der Waals surface area (Å²) in [5.74, 6) is 1.85. The van der Waals surface area contributed by atoms with E-state index in [9.17, 15) is 0 Å².